The first kappa shape index (κ1) is 7.58. The van der Waals surface area contributed by atoms with Gasteiger partial charge in [0, 0.05) is 13.0 Å². The van der Waals surface area contributed by atoms with Crippen LogP contribution in [0.4, 0.5) is 5.95 Å². The van der Waals surface area contributed by atoms with E-state index in [9.17, 15) is 0 Å². The molecule has 1 aromatic rings. The molecule has 2 rings (SSSR count). The van der Waals surface area contributed by atoms with E-state index in [4.69, 9.17) is 4.52 Å². The zero-order valence-corrected chi connectivity index (χ0v) is 7.21. The van der Waals surface area contributed by atoms with Gasteiger partial charge in [0.2, 0.25) is 5.89 Å². The van der Waals surface area contributed by atoms with E-state index in [1.165, 1.54) is 12.8 Å². The summed E-state index contributed by atoms with van der Waals surface area (Å²) in [4.78, 5) is 4.19. The standard InChI is InChI=1S/C8H13N3O/c1-2-9-8-10-7(12-11-8)5-6-3-4-6/h6H,2-5H2,1H3,(H,9,11). The maximum absolute atomic E-state index is 5.04. The van der Waals surface area contributed by atoms with E-state index in [-0.39, 0.29) is 0 Å². The number of nitrogens with one attached hydrogen (secondary N) is 1. The molecule has 0 radical (unpaired) electrons. The van der Waals surface area contributed by atoms with E-state index in [0.717, 1.165) is 24.8 Å². The zero-order chi connectivity index (χ0) is 8.39. The van der Waals surface area contributed by atoms with Crippen LogP contribution in [0.15, 0.2) is 4.52 Å². The fraction of sp³-hybridized carbons (Fsp3) is 0.750. The highest BCUT2D eigenvalue weighted by Crippen LogP contribution is 2.32. The molecule has 4 nitrogen and oxygen atoms in total. The Kier molecular flexibility index (Phi) is 1.98. The van der Waals surface area contributed by atoms with Gasteiger partial charge < -0.3 is 9.84 Å². The lowest BCUT2D eigenvalue weighted by molar-refractivity contribution is 0.373. The van der Waals surface area contributed by atoms with Gasteiger partial charge in [0.1, 0.15) is 0 Å². The SMILES string of the molecule is CCNc1noc(CC2CC2)n1. The van der Waals surface area contributed by atoms with Gasteiger partial charge in [-0.1, -0.05) is 0 Å². The lowest BCUT2D eigenvalue weighted by Gasteiger charge is -1.90. The van der Waals surface area contributed by atoms with Gasteiger partial charge in [0.05, 0.1) is 0 Å². The van der Waals surface area contributed by atoms with Crippen LogP contribution in [-0.4, -0.2) is 16.7 Å². The van der Waals surface area contributed by atoms with Crippen LogP contribution in [0, 0.1) is 5.92 Å². The summed E-state index contributed by atoms with van der Waals surface area (Å²) in [5.41, 5.74) is 0. The molecule has 1 saturated carbocycles. The normalized spacial score (nSPS) is 16.4. The van der Waals surface area contributed by atoms with Crippen LogP contribution in [0.1, 0.15) is 25.7 Å². The fourth-order valence-electron chi connectivity index (χ4n) is 1.14. The van der Waals surface area contributed by atoms with Crippen molar-refractivity contribution in [3.63, 3.8) is 0 Å². The molecule has 1 aliphatic rings. The number of rotatable bonds is 4. The first-order chi connectivity index (χ1) is 5.88. The third-order valence-electron chi connectivity index (χ3n) is 1.96. The van der Waals surface area contributed by atoms with Crippen LogP contribution >= 0.6 is 0 Å². The van der Waals surface area contributed by atoms with Gasteiger partial charge in [0.15, 0.2) is 0 Å². The molecule has 0 unspecified atom stereocenters. The molecule has 12 heavy (non-hydrogen) atoms. The molecule has 4 heteroatoms. The third-order valence-corrected chi connectivity index (χ3v) is 1.96. The smallest absolute Gasteiger partial charge is 0.263 e. The molecule has 66 valence electrons. The van der Waals surface area contributed by atoms with Gasteiger partial charge in [-0.15, -0.1) is 0 Å². The van der Waals surface area contributed by atoms with Crippen LogP contribution in [-0.2, 0) is 6.42 Å². The summed E-state index contributed by atoms with van der Waals surface area (Å²) in [5, 5.41) is 6.80. The fourth-order valence-corrected chi connectivity index (χ4v) is 1.14. The summed E-state index contributed by atoms with van der Waals surface area (Å²) >= 11 is 0. The molecule has 0 spiro atoms. The van der Waals surface area contributed by atoms with Crippen molar-refractivity contribution in [2.45, 2.75) is 26.2 Å². The summed E-state index contributed by atoms with van der Waals surface area (Å²) in [5.74, 6) is 2.20. The molecular formula is C8H13N3O. The van der Waals surface area contributed by atoms with Gasteiger partial charge in [0.25, 0.3) is 5.95 Å². The molecule has 1 aromatic heterocycles. The second-order valence-corrected chi connectivity index (χ2v) is 3.19. The van der Waals surface area contributed by atoms with Crippen LogP contribution in [0.25, 0.3) is 0 Å². The first-order valence-corrected chi connectivity index (χ1v) is 4.45. The number of hydrogen-bond acceptors (Lipinski definition) is 4. The van der Waals surface area contributed by atoms with E-state index in [1.807, 2.05) is 6.92 Å². The lowest BCUT2D eigenvalue weighted by atomic mass is 10.3. The summed E-state index contributed by atoms with van der Waals surface area (Å²) < 4.78 is 5.04. The first-order valence-electron chi connectivity index (χ1n) is 4.45. The Labute approximate surface area is 71.4 Å². The number of aromatic nitrogens is 2. The van der Waals surface area contributed by atoms with E-state index < -0.39 is 0 Å². The maximum atomic E-state index is 5.04. The second kappa shape index (κ2) is 3.13. The monoisotopic (exact) mass is 167 g/mol. The Morgan fingerprint density at radius 3 is 3.08 bits per heavy atom. The highest BCUT2D eigenvalue weighted by Gasteiger charge is 2.24. The van der Waals surface area contributed by atoms with Gasteiger partial charge >= 0.3 is 0 Å². The van der Waals surface area contributed by atoms with Crippen molar-refractivity contribution in [2.24, 2.45) is 5.92 Å². The van der Waals surface area contributed by atoms with Crippen LogP contribution < -0.4 is 5.32 Å². The Morgan fingerprint density at radius 1 is 1.58 bits per heavy atom. The minimum Gasteiger partial charge on any atom is -0.352 e. The van der Waals surface area contributed by atoms with Crippen molar-refractivity contribution < 1.29 is 4.52 Å². The van der Waals surface area contributed by atoms with Crippen molar-refractivity contribution >= 4 is 5.95 Å². The Morgan fingerprint density at radius 2 is 2.42 bits per heavy atom. The summed E-state index contributed by atoms with van der Waals surface area (Å²) in [7, 11) is 0. The third kappa shape index (κ3) is 1.75. The minimum absolute atomic E-state index is 0.619. The minimum atomic E-state index is 0.619. The molecular weight excluding hydrogens is 154 g/mol. The van der Waals surface area contributed by atoms with E-state index in [0.29, 0.717) is 5.95 Å². The number of anilines is 1. The molecule has 1 N–H and O–H groups in total. The highest BCUT2D eigenvalue weighted by molar-refractivity contribution is 5.20. The van der Waals surface area contributed by atoms with E-state index in [2.05, 4.69) is 15.5 Å². The molecule has 0 bridgehead atoms. The van der Waals surface area contributed by atoms with Crippen molar-refractivity contribution in [1.82, 2.24) is 10.1 Å². The van der Waals surface area contributed by atoms with Crippen LogP contribution in [0.2, 0.25) is 0 Å². The van der Waals surface area contributed by atoms with Crippen LogP contribution in [0.5, 0.6) is 0 Å². The number of hydrogen-bond donors (Lipinski definition) is 1. The molecule has 0 saturated heterocycles. The molecule has 1 aliphatic carbocycles. The lowest BCUT2D eigenvalue weighted by Crippen LogP contribution is -1.98. The summed E-state index contributed by atoms with van der Waals surface area (Å²) in [6.07, 6.45) is 3.59. The van der Waals surface area contributed by atoms with Gasteiger partial charge in [-0.05, 0) is 30.8 Å². The van der Waals surface area contributed by atoms with Crippen molar-refractivity contribution in [3.8, 4) is 0 Å². The van der Waals surface area contributed by atoms with Crippen molar-refractivity contribution in [2.75, 3.05) is 11.9 Å². The average molecular weight is 167 g/mol. The van der Waals surface area contributed by atoms with E-state index in [1.54, 1.807) is 0 Å². The maximum Gasteiger partial charge on any atom is 0.263 e. The molecule has 0 aliphatic heterocycles. The van der Waals surface area contributed by atoms with Crippen molar-refractivity contribution in [1.29, 1.82) is 0 Å². The summed E-state index contributed by atoms with van der Waals surface area (Å²) in [6.45, 7) is 2.85. The molecule has 1 heterocycles. The highest BCUT2D eigenvalue weighted by atomic mass is 16.5. The zero-order valence-electron chi connectivity index (χ0n) is 7.21. The largest absolute Gasteiger partial charge is 0.352 e. The summed E-state index contributed by atoms with van der Waals surface area (Å²) in [6, 6.07) is 0. The molecule has 0 atom stereocenters. The Balaban J connectivity index is 1.92. The Bertz CT molecular complexity index is 255. The average Bonchev–Trinajstić information content (AvgIpc) is 2.74. The molecule has 0 amide bonds. The van der Waals surface area contributed by atoms with Gasteiger partial charge in [-0.2, -0.15) is 4.98 Å². The van der Waals surface area contributed by atoms with Gasteiger partial charge in [-0.3, -0.25) is 0 Å². The molecule has 0 aromatic carbocycles. The topological polar surface area (TPSA) is 51.0 Å². The Hall–Kier alpha value is -1.06. The predicted octanol–water partition coefficient (Wildman–Crippen LogP) is 1.45. The van der Waals surface area contributed by atoms with Crippen LogP contribution in [0.3, 0.4) is 0 Å². The second-order valence-electron chi connectivity index (χ2n) is 3.19. The number of nitrogens with zero attached hydrogens (tertiary/aromatic N) is 2. The molecule has 1 fully saturated rings. The van der Waals surface area contributed by atoms with Crippen molar-refractivity contribution in [3.05, 3.63) is 5.89 Å². The quantitative estimate of drug-likeness (QED) is 0.737. The van der Waals surface area contributed by atoms with E-state index >= 15 is 0 Å². The van der Waals surface area contributed by atoms with Gasteiger partial charge in [-0.25, -0.2) is 0 Å². The predicted molar refractivity (Wildman–Crippen MR) is 44.9 cm³/mol.